The van der Waals surface area contributed by atoms with Gasteiger partial charge in [0.15, 0.2) is 16.5 Å². The van der Waals surface area contributed by atoms with Crippen molar-refractivity contribution in [1.82, 2.24) is 0 Å². The number of hydrogen-bond donors (Lipinski definition) is 1. The number of para-hydroxylation sites is 2. The summed E-state index contributed by atoms with van der Waals surface area (Å²) in [6, 6.07) is 6.97. The van der Waals surface area contributed by atoms with Crippen LogP contribution in [0, 0.1) is 5.95 Å². The molecule has 0 aliphatic carbocycles. The minimum absolute atomic E-state index is 0.0244. The molecule has 0 amide bonds. The highest BCUT2D eigenvalue weighted by Gasteiger charge is 2.29. The second-order valence-corrected chi connectivity index (χ2v) is 3.85. The SMILES string of the molecule is Nc1[nH+]c(F)c(Cl)c2c1Oc1ccccc1O2. The summed E-state index contributed by atoms with van der Waals surface area (Å²) in [6.07, 6.45) is 0. The van der Waals surface area contributed by atoms with Crippen LogP contribution in [0.4, 0.5) is 10.2 Å². The number of hydrogen-bond acceptors (Lipinski definition) is 3. The number of H-pyrrole nitrogens is 1. The van der Waals surface area contributed by atoms with E-state index in [1.165, 1.54) is 0 Å². The molecule has 3 N–H and O–H groups in total. The van der Waals surface area contributed by atoms with Gasteiger partial charge in [-0.15, -0.1) is 0 Å². The first-order valence-electron chi connectivity index (χ1n) is 4.81. The fourth-order valence-electron chi connectivity index (χ4n) is 1.58. The number of aromatic amines is 1. The number of nitrogens with two attached hydrogens (primary N) is 1. The number of halogens is 2. The molecule has 1 aromatic carbocycles. The monoisotopic (exact) mass is 253 g/mol. The van der Waals surface area contributed by atoms with Crippen LogP contribution in [0.15, 0.2) is 24.3 Å². The lowest BCUT2D eigenvalue weighted by Crippen LogP contribution is -2.18. The van der Waals surface area contributed by atoms with Crippen LogP contribution in [0.5, 0.6) is 23.0 Å². The Morgan fingerprint density at radius 1 is 1.12 bits per heavy atom. The molecule has 0 fully saturated rings. The van der Waals surface area contributed by atoms with Crippen LogP contribution in [-0.2, 0) is 0 Å². The van der Waals surface area contributed by atoms with E-state index in [1.807, 2.05) is 0 Å². The van der Waals surface area contributed by atoms with E-state index in [4.69, 9.17) is 26.8 Å². The molecule has 0 radical (unpaired) electrons. The smallest absolute Gasteiger partial charge is 0.320 e. The first-order chi connectivity index (χ1) is 8.16. The lowest BCUT2D eigenvalue weighted by atomic mass is 10.2. The maximum atomic E-state index is 13.3. The number of ether oxygens (including phenoxy) is 2. The normalized spacial score (nSPS) is 12.1. The van der Waals surface area contributed by atoms with Gasteiger partial charge in [0.1, 0.15) is 0 Å². The Bertz CT molecular complexity index is 619. The molecule has 17 heavy (non-hydrogen) atoms. The molecule has 2 aromatic rings. The van der Waals surface area contributed by atoms with Crippen molar-refractivity contribution in [2.24, 2.45) is 0 Å². The van der Waals surface area contributed by atoms with Gasteiger partial charge in [0.2, 0.25) is 5.75 Å². The summed E-state index contributed by atoms with van der Waals surface area (Å²) < 4.78 is 24.3. The van der Waals surface area contributed by atoms with Crippen molar-refractivity contribution in [3.05, 3.63) is 35.2 Å². The number of benzene rings is 1. The van der Waals surface area contributed by atoms with Gasteiger partial charge in [-0.3, -0.25) is 5.73 Å². The lowest BCUT2D eigenvalue weighted by Gasteiger charge is -2.20. The quantitative estimate of drug-likeness (QED) is 0.627. The Balaban J connectivity index is 2.21. The second kappa shape index (κ2) is 3.49. The van der Waals surface area contributed by atoms with Crippen molar-refractivity contribution in [2.45, 2.75) is 0 Å². The van der Waals surface area contributed by atoms with E-state index < -0.39 is 5.95 Å². The maximum absolute atomic E-state index is 13.3. The van der Waals surface area contributed by atoms with Crippen LogP contribution >= 0.6 is 11.6 Å². The number of aromatic nitrogens is 1. The van der Waals surface area contributed by atoms with E-state index in [2.05, 4.69) is 4.98 Å². The summed E-state index contributed by atoms with van der Waals surface area (Å²) >= 11 is 5.78. The minimum Gasteiger partial charge on any atom is -0.447 e. The molecule has 86 valence electrons. The first-order valence-corrected chi connectivity index (χ1v) is 5.19. The molecular formula is C11H7ClFN2O2+. The van der Waals surface area contributed by atoms with Gasteiger partial charge >= 0.3 is 5.82 Å². The van der Waals surface area contributed by atoms with Crippen LogP contribution in [-0.4, -0.2) is 0 Å². The molecule has 0 unspecified atom stereocenters. The molecule has 2 heterocycles. The number of nitrogen functional groups attached to an aromatic ring is 1. The van der Waals surface area contributed by atoms with Gasteiger partial charge in [-0.05, 0) is 12.1 Å². The van der Waals surface area contributed by atoms with E-state index in [1.54, 1.807) is 24.3 Å². The number of anilines is 1. The average molecular weight is 254 g/mol. The molecule has 0 saturated heterocycles. The summed E-state index contributed by atoms with van der Waals surface area (Å²) in [6.45, 7) is 0. The lowest BCUT2D eigenvalue weighted by molar-refractivity contribution is -0.406. The highest BCUT2D eigenvalue weighted by atomic mass is 35.5. The molecule has 0 saturated carbocycles. The predicted molar refractivity (Wildman–Crippen MR) is 59.0 cm³/mol. The fraction of sp³-hybridized carbons (Fsp3) is 0. The maximum Gasteiger partial charge on any atom is 0.320 e. The molecule has 0 spiro atoms. The Hall–Kier alpha value is -2.01. The zero-order valence-electron chi connectivity index (χ0n) is 8.46. The Morgan fingerprint density at radius 2 is 1.71 bits per heavy atom. The molecule has 0 bridgehead atoms. The summed E-state index contributed by atoms with van der Waals surface area (Å²) in [5, 5.41) is -0.191. The molecular weight excluding hydrogens is 247 g/mol. The van der Waals surface area contributed by atoms with E-state index >= 15 is 0 Å². The third kappa shape index (κ3) is 1.47. The van der Waals surface area contributed by atoms with Crippen molar-refractivity contribution in [3.63, 3.8) is 0 Å². The summed E-state index contributed by atoms with van der Waals surface area (Å²) in [4.78, 5) is 2.27. The summed E-state index contributed by atoms with van der Waals surface area (Å²) in [5.74, 6) is 0.506. The van der Waals surface area contributed by atoms with Gasteiger partial charge in [-0.1, -0.05) is 23.7 Å². The highest BCUT2D eigenvalue weighted by molar-refractivity contribution is 6.32. The highest BCUT2D eigenvalue weighted by Crippen LogP contribution is 2.49. The van der Waals surface area contributed by atoms with Gasteiger partial charge in [0.05, 0.1) is 0 Å². The van der Waals surface area contributed by atoms with Crippen molar-refractivity contribution in [1.29, 1.82) is 0 Å². The van der Waals surface area contributed by atoms with Gasteiger partial charge in [-0.25, -0.2) is 4.98 Å². The number of fused-ring (bicyclic) bond motifs is 2. The van der Waals surface area contributed by atoms with E-state index in [0.29, 0.717) is 11.5 Å². The predicted octanol–water partition coefficient (Wildman–Crippen LogP) is 2.77. The third-order valence-electron chi connectivity index (χ3n) is 2.36. The van der Waals surface area contributed by atoms with E-state index in [-0.39, 0.29) is 22.3 Å². The topological polar surface area (TPSA) is 58.6 Å². The zero-order valence-corrected chi connectivity index (χ0v) is 9.22. The van der Waals surface area contributed by atoms with Crippen molar-refractivity contribution in [2.75, 3.05) is 5.73 Å². The standard InChI is InChI=1S/C11H6ClFN2O2/c12-7-8-9(11(14)15-10(7)13)17-6-4-2-1-3-5(6)16-8/h1-4H,(H2,14,15)/p+1. The minimum atomic E-state index is -0.758. The van der Waals surface area contributed by atoms with E-state index in [0.717, 1.165) is 0 Å². The zero-order chi connectivity index (χ0) is 12.0. The fourth-order valence-corrected chi connectivity index (χ4v) is 1.75. The molecule has 4 nitrogen and oxygen atoms in total. The van der Waals surface area contributed by atoms with E-state index in [9.17, 15) is 4.39 Å². The molecule has 3 rings (SSSR count). The Morgan fingerprint density at radius 3 is 2.35 bits per heavy atom. The number of nitrogens with one attached hydrogen (secondary N) is 1. The van der Waals surface area contributed by atoms with Crippen molar-refractivity contribution >= 4 is 17.4 Å². The molecule has 6 heteroatoms. The van der Waals surface area contributed by atoms with Gasteiger partial charge < -0.3 is 9.47 Å². The van der Waals surface area contributed by atoms with Crippen LogP contribution in [0.1, 0.15) is 0 Å². The van der Waals surface area contributed by atoms with Gasteiger partial charge in [0.25, 0.3) is 11.7 Å². The average Bonchev–Trinajstić information content (AvgIpc) is 2.34. The van der Waals surface area contributed by atoms with Crippen LogP contribution in [0.25, 0.3) is 0 Å². The summed E-state index contributed by atoms with van der Waals surface area (Å²) in [5.41, 5.74) is 5.61. The summed E-state index contributed by atoms with van der Waals surface area (Å²) in [7, 11) is 0. The number of pyridine rings is 1. The largest absolute Gasteiger partial charge is 0.447 e. The molecule has 1 aromatic heterocycles. The van der Waals surface area contributed by atoms with Crippen molar-refractivity contribution < 1.29 is 18.8 Å². The number of rotatable bonds is 0. The third-order valence-corrected chi connectivity index (χ3v) is 2.70. The molecule has 0 atom stereocenters. The Kier molecular flexibility index (Phi) is 2.09. The second-order valence-electron chi connectivity index (χ2n) is 3.48. The molecule has 1 aliphatic heterocycles. The first kappa shape index (κ1) is 10.2. The van der Waals surface area contributed by atoms with Crippen molar-refractivity contribution in [3.8, 4) is 23.0 Å². The Labute approximate surface area is 101 Å². The van der Waals surface area contributed by atoms with Gasteiger partial charge in [0, 0.05) is 0 Å². The van der Waals surface area contributed by atoms with Crippen LogP contribution < -0.4 is 20.2 Å². The van der Waals surface area contributed by atoms with Gasteiger partial charge in [-0.2, -0.15) is 4.39 Å². The van der Waals surface area contributed by atoms with Crippen LogP contribution in [0.3, 0.4) is 0 Å². The van der Waals surface area contributed by atoms with Crippen LogP contribution in [0.2, 0.25) is 5.02 Å². The molecule has 1 aliphatic rings.